The lowest BCUT2D eigenvalue weighted by molar-refractivity contribution is -0.133. The zero-order chi connectivity index (χ0) is 36.6. The number of anilines is 1. The third-order valence-electron chi connectivity index (χ3n) is 9.64. The van der Waals surface area contributed by atoms with Crippen molar-refractivity contribution in [2.45, 2.75) is 24.8 Å². The van der Waals surface area contributed by atoms with Gasteiger partial charge in [-0.25, -0.2) is 9.78 Å². The van der Waals surface area contributed by atoms with Crippen molar-refractivity contribution < 1.29 is 19.1 Å². The van der Waals surface area contributed by atoms with Crippen molar-refractivity contribution in [3.8, 4) is 34.4 Å². The van der Waals surface area contributed by atoms with Gasteiger partial charge in [0.15, 0.2) is 0 Å². The molecule has 53 heavy (non-hydrogen) atoms. The number of imidazole rings is 1. The molecule has 0 bridgehead atoms. The van der Waals surface area contributed by atoms with Gasteiger partial charge < -0.3 is 15.4 Å². The number of pyridine rings is 3. The molecule has 0 aliphatic carbocycles. The van der Waals surface area contributed by atoms with Crippen molar-refractivity contribution in [1.29, 1.82) is 0 Å². The molecular formula is C40H34N8O5. The summed E-state index contributed by atoms with van der Waals surface area (Å²) in [6.07, 6.45) is 4.16. The molecule has 8 rings (SSSR count). The second-order valence-electron chi connectivity index (χ2n) is 13.1. The number of carbonyl (C=O) groups is 3. The lowest BCUT2D eigenvalue weighted by atomic mass is 9.98. The quantitative estimate of drug-likeness (QED) is 0.166. The SMILES string of the molecule is Cn1c(=O)n(C)c2c(C3COC3)nc(-c3cccc4cc(-c5ccc(C(=O)NCC#Cc6cccc(NC7CCC(=O)NC7=O)c6)nc5)ncc34)cc21. The number of imide groups is 1. The number of amides is 3. The molecule has 1 unspecified atom stereocenters. The van der Waals surface area contributed by atoms with Gasteiger partial charge in [0.25, 0.3) is 5.91 Å². The molecule has 13 heteroatoms. The van der Waals surface area contributed by atoms with Crippen molar-refractivity contribution in [3.63, 3.8) is 0 Å². The van der Waals surface area contributed by atoms with Gasteiger partial charge in [0.1, 0.15) is 11.7 Å². The van der Waals surface area contributed by atoms with E-state index in [2.05, 4.69) is 32.8 Å². The van der Waals surface area contributed by atoms with Gasteiger partial charge in [-0.05, 0) is 54.3 Å². The molecule has 4 aromatic heterocycles. The van der Waals surface area contributed by atoms with E-state index in [-0.39, 0.29) is 48.0 Å². The largest absolute Gasteiger partial charge is 0.380 e. The molecule has 2 saturated heterocycles. The monoisotopic (exact) mass is 706 g/mol. The second-order valence-corrected chi connectivity index (χ2v) is 13.1. The van der Waals surface area contributed by atoms with Crippen LogP contribution in [0.1, 0.15) is 40.5 Å². The van der Waals surface area contributed by atoms with E-state index >= 15 is 0 Å². The molecule has 1 atom stereocenters. The van der Waals surface area contributed by atoms with Gasteiger partial charge in [-0.3, -0.25) is 38.8 Å². The number of aromatic nitrogens is 5. The summed E-state index contributed by atoms with van der Waals surface area (Å²) in [5.74, 6) is 5.13. The number of ether oxygens (including phenoxy) is 1. The fourth-order valence-corrected chi connectivity index (χ4v) is 6.70. The first kappa shape index (κ1) is 33.5. The van der Waals surface area contributed by atoms with Crippen LogP contribution in [-0.4, -0.2) is 67.6 Å². The summed E-state index contributed by atoms with van der Waals surface area (Å²) in [6, 6.07) is 20.2. The molecule has 3 amide bonds. The summed E-state index contributed by atoms with van der Waals surface area (Å²) in [6.45, 7) is 1.25. The van der Waals surface area contributed by atoms with Crippen molar-refractivity contribution in [1.82, 2.24) is 34.7 Å². The summed E-state index contributed by atoms with van der Waals surface area (Å²) in [7, 11) is 3.55. The zero-order valence-electron chi connectivity index (χ0n) is 29.0. The Labute approximate surface area is 303 Å². The number of piperidine rings is 1. The molecule has 6 aromatic rings. The number of carbonyl (C=O) groups excluding carboxylic acids is 3. The summed E-state index contributed by atoms with van der Waals surface area (Å²) in [5.41, 5.74) is 7.21. The number of fused-ring (bicyclic) bond motifs is 2. The topological polar surface area (TPSA) is 162 Å². The lowest BCUT2D eigenvalue weighted by Crippen LogP contribution is -2.47. The molecular weight excluding hydrogens is 672 g/mol. The maximum absolute atomic E-state index is 12.8. The third kappa shape index (κ3) is 6.52. The molecule has 3 N–H and O–H groups in total. The molecule has 2 aromatic carbocycles. The van der Waals surface area contributed by atoms with Crippen LogP contribution < -0.4 is 21.6 Å². The minimum absolute atomic E-state index is 0.100. The Bertz CT molecular complexity index is 2580. The highest BCUT2D eigenvalue weighted by Crippen LogP contribution is 2.35. The molecule has 264 valence electrons. The van der Waals surface area contributed by atoms with Gasteiger partial charge in [-0.1, -0.05) is 36.1 Å². The lowest BCUT2D eigenvalue weighted by Gasteiger charge is -2.26. The van der Waals surface area contributed by atoms with Crippen LogP contribution in [0, 0.1) is 11.8 Å². The smallest absolute Gasteiger partial charge is 0.328 e. The predicted molar refractivity (Wildman–Crippen MR) is 199 cm³/mol. The fraction of sp³-hybridized carbons (Fsp3) is 0.225. The molecule has 0 spiro atoms. The van der Waals surface area contributed by atoms with E-state index in [4.69, 9.17) is 14.7 Å². The number of rotatable bonds is 7. The van der Waals surface area contributed by atoms with Crippen molar-refractivity contribution in [2.24, 2.45) is 14.1 Å². The van der Waals surface area contributed by atoms with Gasteiger partial charge in [-0.15, -0.1) is 0 Å². The van der Waals surface area contributed by atoms with E-state index in [0.717, 1.165) is 44.3 Å². The van der Waals surface area contributed by atoms with Gasteiger partial charge in [0.05, 0.1) is 53.8 Å². The van der Waals surface area contributed by atoms with Gasteiger partial charge in [-0.2, -0.15) is 0 Å². The maximum atomic E-state index is 12.8. The standard InChI is InChI=1S/C40H34N8O5/c1-47-34-18-33(45-36(26-21-53-22-26)37(34)48(2)40(47)52)28-10-4-8-24-17-32(43-20-29(24)28)25-11-12-30(42-19-25)38(50)41-15-5-7-23-6-3-9-27(16-23)44-31-13-14-35(49)46-39(31)51/h3-4,6,8-12,16-20,26,31,44H,13-15,21-22H2,1-2H3,(H,41,50)(H,46,49,51). The first-order chi connectivity index (χ1) is 25.7. The predicted octanol–water partition coefficient (Wildman–Crippen LogP) is 3.66. The minimum atomic E-state index is -0.487. The maximum Gasteiger partial charge on any atom is 0.328 e. The Kier molecular flexibility index (Phi) is 8.73. The van der Waals surface area contributed by atoms with Crippen LogP contribution in [0.4, 0.5) is 5.69 Å². The third-order valence-corrected chi connectivity index (χ3v) is 9.64. The highest BCUT2D eigenvalue weighted by atomic mass is 16.5. The first-order valence-electron chi connectivity index (χ1n) is 17.2. The van der Waals surface area contributed by atoms with Crippen LogP contribution in [0.25, 0.3) is 44.3 Å². The molecule has 0 radical (unpaired) electrons. The highest BCUT2D eigenvalue weighted by Gasteiger charge is 2.28. The van der Waals surface area contributed by atoms with Crippen LogP contribution >= 0.6 is 0 Å². The average Bonchev–Trinajstić information content (AvgIpc) is 3.37. The first-order valence-corrected chi connectivity index (χ1v) is 17.2. The summed E-state index contributed by atoms with van der Waals surface area (Å²) >= 11 is 0. The summed E-state index contributed by atoms with van der Waals surface area (Å²) in [4.78, 5) is 63.4. The number of hydrogen-bond acceptors (Lipinski definition) is 9. The van der Waals surface area contributed by atoms with E-state index in [0.29, 0.717) is 36.6 Å². The van der Waals surface area contributed by atoms with Crippen LogP contribution in [0.2, 0.25) is 0 Å². The zero-order valence-corrected chi connectivity index (χ0v) is 29.0. The Morgan fingerprint density at radius 1 is 0.962 bits per heavy atom. The van der Waals surface area contributed by atoms with Gasteiger partial charge in [0, 0.05) is 60.7 Å². The van der Waals surface area contributed by atoms with Crippen LogP contribution in [0.3, 0.4) is 0 Å². The van der Waals surface area contributed by atoms with E-state index in [9.17, 15) is 19.2 Å². The molecule has 13 nitrogen and oxygen atoms in total. The number of nitrogens with zero attached hydrogens (tertiary/aromatic N) is 5. The van der Waals surface area contributed by atoms with Crippen LogP contribution in [0.5, 0.6) is 0 Å². The summed E-state index contributed by atoms with van der Waals surface area (Å²) < 4.78 is 8.79. The van der Waals surface area contributed by atoms with Crippen molar-refractivity contribution in [2.75, 3.05) is 25.1 Å². The van der Waals surface area contributed by atoms with Gasteiger partial charge in [0.2, 0.25) is 11.8 Å². The minimum Gasteiger partial charge on any atom is -0.380 e. The summed E-state index contributed by atoms with van der Waals surface area (Å²) in [5, 5.41) is 10.1. The molecule has 2 aliphatic heterocycles. The fourth-order valence-electron chi connectivity index (χ4n) is 6.70. The Morgan fingerprint density at radius 2 is 1.81 bits per heavy atom. The number of benzene rings is 2. The Hall–Kier alpha value is -6.65. The molecule has 0 saturated carbocycles. The van der Waals surface area contributed by atoms with Crippen molar-refractivity contribution >= 4 is 45.2 Å². The van der Waals surface area contributed by atoms with E-state index in [1.165, 1.54) is 0 Å². The molecule has 6 heterocycles. The molecule has 2 aliphatic rings. The number of hydrogen-bond donors (Lipinski definition) is 3. The average molecular weight is 707 g/mol. The van der Waals surface area contributed by atoms with E-state index in [1.807, 2.05) is 66.9 Å². The number of nitrogens with one attached hydrogen (secondary N) is 3. The second kappa shape index (κ2) is 13.8. The molecule has 2 fully saturated rings. The Balaban J connectivity index is 0.952. The van der Waals surface area contributed by atoms with E-state index in [1.54, 1.807) is 35.5 Å². The number of aryl methyl sites for hydroxylation is 2. The Morgan fingerprint density at radius 3 is 2.58 bits per heavy atom. The normalized spacial score (nSPS) is 15.8. The van der Waals surface area contributed by atoms with Crippen LogP contribution in [-0.2, 0) is 28.4 Å². The van der Waals surface area contributed by atoms with E-state index < -0.39 is 6.04 Å². The van der Waals surface area contributed by atoms with Crippen molar-refractivity contribution in [3.05, 3.63) is 107 Å². The van der Waals surface area contributed by atoms with Gasteiger partial charge >= 0.3 is 5.69 Å². The van der Waals surface area contributed by atoms with Crippen LogP contribution in [0.15, 0.2) is 83.9 Å². The highest BCUT2D eigenvalue weighted by molar-refractivity contribution is 6.01.